The highest BCUT2D eigenvalue weighted by molar-refractivity contribution is 5.75. The maximum Gasteiger partial charge on any atom is 0.318 e. The lowest BCUT2D eigenvalue weighted by Crippen LogP contribution is -2.44. The summed E-state index contributed by atoms with van der Waals surface area (Å²) in [6.07, 6.45) is 5.81. The van der Waals surface area contributed by atoms with E-state index in [2.05, 4.69) is 10.3 Å². The van der Waals surface area contributed by atoms with Gasteiger partial charge in [-0.05, 0) is 43.2 Å². The zero-order valence-electron chi connectivity index (χ0n) is 16.4. The summed E-state index contributed by atoms with van der Waals surface area (Å²) in [6.45, 7) is 4.93. The molecule has 1 fully saturated rings. The van der Waals surface area contributed by atoms with E-state index in [1.165, 1.54) is 0 Å². The smallest absolute Gasteiger partial charge is 0.318 e. The lowest BCUT2D eigenvalue weighted by Gasteiger charge is -2.30. The van der Waals surface area contributed by atoms with Gasteiger partial charge in [0, 0.05) is 32.4 Å². The molecule has 28 heavy (non-hydrogen) atoms. The van der Waals surface area contributed by atoms with Gasteiger partial charge in [0.1, 0.15) is 5.82 Å². The number of fused-ring (bicyclic) bond motifs is 1. The minimum Gasteiger partial charge on any atom is -0.381 e. The van der Waals surface area contributed by atoms with E-state index in [1.54, 1.807) is 0 Å². The summed E-state index contributed by atoms with van der Waals surface area (Å²) in [5, 5.41) is 3.11. The van der Waals surface area contributed by atoms with E-state index in [0.717, 1.165) is 61.5 Å². The molecule has 0 spiro atoms. The van der Waals surface area contributed by atoms with Gasteiger partial charge in [0.05, 0.1) is 18.3 Å². The van der Waals surface area contributed by atoms with Gasteiger partial charge in [-0.1, -0.05) is 30.3 Å². The van der Waals surface area contributed by atoms with Crippen LogP contribution >= 0.6 is 0 Å². The van der Waals surface area contributed by atoms with Gasteiger partial charge in [0.25, 0.3) is 0 Å². The van der Waals surface area contributed by atoms with Gasteiger partial charge in [0.2, 0.25) is 0 Å². The number of hydrogen-bond donors (Lipinski definition) is 1. The Kier molecular flexibility index (Phi) is 5.86. The van der Waals surface area contributed by atoms with Crippen molar-refractivity contribution in [1.82, 2.24) is 20.2 Å². The molecular weight excluding hydrogens is 352 g/mol. The van der Waals surface area contributed by atoms with E-state index in [9.17, 15) is 4.79 Å². The molecule has 2 amide bonds. The quantitative estimate of drug-likeness (QED) is 0.884. The number of ether oxygens (including phenoxy) is 1. The van der Waals surface area contributed by atoms with E-state index in [4.69, 9.17) is 9.72 Å². The van der Waals surface area contributed by atoms with Crippen LogP contribution in [0.5, 0.6) is 0 Å². The molecule has 3 heterocycles. The molecule has 0 unspecified atom stereocenters. The molecule has 1 saturated heterocycles. The van der Waals surface area contributed by atoms with Crippen molar-refractivity contribution in [3.05, 3.63) is 59.2 Å². The highest BCUT2D eigenvalue weighted by atomic mass is 16.5. The third kappa shape index (κ3) is 4.50. The molecule has 0 aliphatic carbocycles. The topological polar surface area (TPSA) is 67.4 Å². The number of nitrogens with one attached hydrogen (secondary N) is 1. The van der Waals surface area contributed by atoms with Crippen LogP contribution in [-0.2, 0) is 24.1 Å². The van der Waals surface area contributed by atoms with Crippen LogP contribution in [0.2, 0.25) is 0 Å². The Morgan fingerprint density at radius 2 is 2.07 bits per heavy atom. The van der Waals surface area contributed by atoms with Crippen LogP contribution in [0.15, 0.2) is 36.5 Å². The molecule has 0 saturated carbocycles. The standard InChI is InChI=1S/C22H28N4O2/c1-16(18-5-3-2-4-6-18)24-22(27)26-10-7-19-14-23-21(25-20(19)15-26)13-17-8-11-28-12-9-17/h2-6,14,16-17H,7-13,15H2,1H3,(H,24,27)/t16-/m1/s1. The van der Waals surface area contributed by atoms with Gasteiger partial charge < -0.3 is 15.0 Å². The normalized spacial score (nSPS) is 18.4. The zero-order valence-corrected chi connectivity index (χ0v) is 16.4. The molecule has 1 aromatic heterocycles. The second-order valence-corrected chi connectivity index (χ2v) is 7.77. The molecule has 148 valence electrons. The molecular formula is C22H28N4O2. The van der Waals surface area contributed by atoms with Crippen molar-refractivity contribution >= 4 is 6.03 Å². The fourth-order valence-electron chi connectivity index (χ4n) is 3.93. The van der Waals surface area contributed by atoms with Crippen LogP contribution in [0.1, 0.15) is 48.5 Å². The average Bonchev–Trinajstić information content (AvgIpc) is 2.74. The maximum absolute atomic E-state index is 12.8. The number of hydrogen-bond acceptors (Lipinski definition) is 4. The lowest BCUT2D eigenvalue weighted by atomic mass is 9.96. The van der Waals surface area contributed by atoms with E-state index in [1.807, 2.05) is 48.4 Å². The Balaban J connectivity index is 1.39. The number of nitrogens with zero attached hydrogens (tertiary/aromatic N) is 3. The molecule has 0 radical (unpaired) electrons. The number of rotatable bonds is 4. The van der Waals surface area contributed by atoms with Crippen molar-refractivity contribution in [3.63, 3.8) is 0 Å². The minimum absolute atomic E-state index is 0.0235. The largest absolute Gasteiger partial charge is 0.381 e. The average molecular weight is 380 g/mol. The number of benzene rings is 1. The van der Waals surface area contributed by atoms with E-state index < -0.39 is 0 Å². The SMILES string of the molecule is C[C@@H](NC(=O)N1CCc2cnc(CC3CCOCC3)nc2C1)c1ccccc1. The van der Waals surface area contributed by atoms with Crippen LogP contribution in [0.3, 0.4) is 0 Å². The fourth-order valence-corrected chi connectivity index (χ4v) is 3.93. The molecule has 2 aromatic rings. The second kappa shape index (κ2) is 8.69. The molecule has 2 aliphatic rings. The van der Waals surface area contributed by atoms with Crippen molar-refractivity contribution in [1.29, 1.82) is 0 Å². The predicted octanol–water partition coefficient (Wildman–Crippen LogP) is 3.27. The minimum atomic E-state index is -0.0356. The van der Waals surface area contributed by atoms with Crippen LogP contribution in [0.25, 0.3) is 0 Å². The van der Waals surface area contributed by atoms with Gasteiger partial charge in [-0.15, -0.1) is 0 Å². The predicted molar refractivity (Wildman–Crippen MR) is 107 cm³/mol. The van der Waals surface area contributed by atoms with Gasteiger partial charge in [-0.2, -0.15) is 0 Å². The van der Waals surface area contributed by atoms with Crippen LogP contribution < -0.4 is 5.32 Å². The van der Waals surface area contributed by atoms with Crippen LogP contribution in [-0.4, -0.2) is 40.7 Å². The van der Waals surface area contributed by atoms with Gasteiger partial charge in [-0.25, -0.2) is 14.8 Å². The highest BCUT2D eigenvalue weighted by Gasteiger charge is 2.24. The van der Waals surface area contributed by atoms with E-state index in [-0.39, 0.29) is 12.1 Å². The van der Waals surface area contributed by atoms with Crippen molar-refractivity contribution in [2.24, 2.45) is 5.92 Å². The van der Waals surface area contributed by atoms with Gasteiger partial charge in [-0.3, -0.25) is 0 Å². The molecule has 2 aliphatic heterocycles. The van der Waals surface area contributed by atoms with Gasteiger partial charge in [0.15, 0.2) is 0 Å². The lowest BCUT2D eigenvalue weighted by molar-refractivity contribution is 0.0659. The molecule has 6 heteroatoms. The maximum atomic E-state index is 12.8. The summed E-state index contributed by atoms with van der Waals surface area (Å²) in [5.41, 5.74) is 3.26. The molecule has 0 bridgehead atoms. The summed E-state index contributed by atoms with van der Waals surface area (Å²) in [4.78, 5) is 24.0. The number of carbonyl (C=O) groups excluding carboxylic acids is 1. The molecule has 1 N–H and O–H groups in total. The first kappa shape index (κ1) is 18.9. The van der Waals surface area contributed by atoms with Crippen LogP contribution in [0.4, 0.5) is 4.79 Å². The monoisotopic (exact) mass is 380 g/mol. The Bertz CT molecular complexity index is 805. The zero-order chi connectivity index (χ0) is 19.3. The van der Waals surface area contributed by atoms with Crippen molar-refractivity contribution in [2.45, 2.75) is 45.2 Å². The Hall–Kier alpha value is -2.47. The Morgan fingerprint density at radius 1 is 1.29 bits per heavy atom. The van der Waals surface area contributed by atoms with E-state index in [0.29, 0.717) is 19.0 Å². The summed E-state index contributed by atoms with van der Waals surface area (Å²) in [7, 11) is 0. The summed E-state index contributed by atoms with van der Waals surface area (Å²) in [6, 6.07) is 9.98. The second-order valence-electron chi connectivity index (χ2n) is 7.77. The number of aromatic nitrogens is 2. The van der Waals surface area contributed by atoms with Crippen molar-refractivity contribution in [3.8, 4) is 0 Å². The molecule has 4 rings (SSSR count). The Morgan fingerprint density at radius 3 is 2.86 bits per heavy atom. The number of carbonyl (C=O) groups is 1. The first-order valence-electron chi connectivity index (χ1n) is 10.2. The molecule has 1 aromatic carbocycles. The number of urea groups is 1. The summed E-state index contributed by atoms with van der Waals surface area (Å²) in [5.74, 6) is 1.49. The first-order valence-corrected chi connectivity index (χ1v) is 10.2. The van der Waals surface area contributed by atoms with Crippen LogP contribution in [0, 0.1) is 5.92 Å². The summed E-state index contributed by atoms with van der Waals surface area (Å²) >= 11 is 0. The first-order chi connectivity index (χ1) is 13.7. The fraction of sp³-hybridized carbons (Fsp3) is 0.500. The highest BCUT2D eigenvalue weighted by Crippen LogP contribution is 2.21. The Labute approximate surface area is 166 Å². The number of amides is 2. The van der Waals surface area contributed by atoms with Crippen molar-refractivity contribution in [2.75, 3.05) is 19.8 Å². The third-order valence-electron chi connectivity index (χ3n) is 5.73. The molecule has 1 atom stereocenters. The van der Waals surface area contributed by atoms with Crippen molar-refractivity contribution < 1.29 is 9.53 Å². The van der Waals surface area contributed by atoms with Gasteiger partial charge >= 0.3 is 6.03 Å². The van der Waals surface area contributed by atoms with E-state index >= 15 is 0 Å². The summed E-state index contributed by atoms with van der Waals surface area (Å²) < 4.78 is 5.44. The molecule has 6 nitrogen and oxygen atoms in total. The third-order valence-corrected chi connectivity index (χ3v) is 5.73.